The van der Waals surface area contributed by atoms with E-state index in [0.29, 0.717) is 12.2 Å². The third-order valence-corrected chi connectivity index (χ3v) is 2.98. The van der Waals surface area contributed by atoms with Crippen LogP contribution >= 0.6 is 0 Å². The van der Waals surface area contributed by atoms with E-state index in [1.165, 1.54) is 23.1 Å². The van der Waals surface area contributed by atoms with Gasteiger partial charge in [0.15, 0.2) is 18.1 Å². The van der Waals surface area contributed by atoms with Crippen LogP contribution in [0.15, 0.2) is 18.2 Å². The lowest BCUT2D eigenvalue weighted by Crippen LogP contribution is -2.30. The number of ether oxygens (including phenoxy) is 2. The van der Waals surface area contributed by atoms with E-state index in [1.54, 1.807) is 21.0 Å². The van der Waals surface area contributed by atoms with Crippen molar-refractivity contribution in [1.29, 1.82) is 0 Å². The summed E-state index contributed by atoms with van der Waals surface area (Å²) in [6, 6.07) is 4.46. The predicted octanol–water partition coefficient (Wildman–Crippen LogP) is 0.757. The van der Waals surface area contributed by atoms with Gasteiger partial charge in [0.25, 0.3) is 5.91 Å². The Morgan fingerprint density at radius 3 is 2.46 bits per heavy atom. The smallest absolute Gasteiger partial charge is 0.341 e. The normalized spacial score (nSPS) is 9.96. The highest BCUT2D eigenvalue weighted by Crippen LogP contribution is 2.28. The molecule has 0 aromatic heterocycles. The maximum Gasteiger partial charge on any atom is 0.341 e. The lowest BCUT2D eigenvalue weighted by molar-refractivity contribution is -0.139. The molecule has 2 N–H and O–H groups in total. The van der Waals surface area contributed by atoms with Crippen LogP contribution in [0.25, 0.3) is 0 Å². The van der Waals surface area contributed by atoms with Crippen LogP contribution in [0.5, 0.6) is 11.5 Å². The first-order chi connectivity index (χ1) is 11.3. The van der Waals surface area contributed by atoms with E-state index in [1.807, 2.05) is 0 Å². The van der Waals surface area contributed by atoms with Crippen molar-refractivity contribution in [1.82, 2.24) is 10.2 Å². The maximum absolute atomic E-state index is 12.1. The van der Waals surface area contributed by atoms with Crippen LogP contribution < -0.4 is 14.8 Å². The molecule has 0 aliphatic heterocycles. The third kappa shape index (κ3) is 6.15. The molecule has 8 nitrogen and oxygen atoms in total. The summed E-state index contributed by atoms with van der Waals surface area (Å²) in [4.78, 5) is 35.6. The first-order valence-electron chi connectivity index (χ1n) is 7.45. The van der Waals surface area contributed by atoms with E-state index < -0.39 is 12.6 Å². The zero-order chi connectivity index (χ0) is 18.1. The summed E-state index contributed by atoms with van der Waals surface area (Å²) in [7, 11) is 3.29. The molecule has 0 saturated carbocycles. The molecule has 2 amide bonds. The second-order valence-corrected chi connectivity index (χ2v) is 5.07. The number of nitrogens with one attached hydrogen (secondary N) is 1. The first kappa shape index (κ1) is 19.3. The largest absolute Gasteiger partial charge is 0.490 e. The minimum absolute atomic E-state index is 0.0808. The van der Waals surface area contributed by atoms with E-state index in [9.17, 15) is 14.4 Å². The molecule has 0 bridgehead atoms. The number of amides is 2. The second-order valence-electron chi connectivity index (χ2n) is 5.07. The molecule has 8 heteroatoms. The highest BCUT2D eigenvalue weighted by molar-refractivity contribution is 5.95. The molecular formula is C16H22N2O6. The molecule has 1 aromatic rings. The molecule has 0 saturated heterocycles. The minimum Gasteiger partial charge on any atom is -0.490 e. The molecular weight excluding hydrogens is 316 g/mol. The van der Waals surface area contributed by atoms with Crippen LogP contribution in [-0.4, -0.2) is 61.6 Å². The van der Waals surface area contributed by atoms with E-state index >= 15 is 0 Å². The maximum atomic E-state index is 12.1. The van der Waals surface area contributed by atoms with Gasteiger partial charge in [0.2, 0.25) is 5.91 Å². The molecule has 0 spiro atoms. The van der Waals surface area contributed by atoms with E-state index in [-0.39, 0.29) is 36.3 Å². The Hall–Kier alpha value is -2.77. The summed E-state index contributed by atoms with van der Waals surface area (Å²) in [5.41, 5.74) is 0.332. The molecule has 0 atom stereocenters. The number of nitrogens with zero attached hydrogens (tertiary/aromatic N) is 1. The Morgan fingerprint density at radius 1 is 1.17 bits per heavy atom. The molecule has 0 heterocycles. The third-order valence-electron chi connectivity index (χ3n) is 2.98. The molecule has 0 aliphatic carbocycles. The Bertz CT molecular complexity index is 600. The number of hydrogen-bond acceptors (Lipinski definition) is 5. The van der Waals surface area contributed by atoms with Crippen LogP contribution in [0.4, 0.5) is 0 Å². The zero-order valence-corrected chi connectivity index (χ0v) is 14.0. The molecule has 0 fully saturated rings. The number of carboxylic acids is 1. The van der Waals surface area contributed by atoms with E-state index in [0.717, 1.165) is 0 Å². The lowest BCUT2D eigenvalue weighted by Gasteiger charge is -2.13. The fourth-order valence-electron chi connectivity index (χ4n) is 1.78. The monoisotopic (exact) mass is 338 g/mol. The Morgan fingerprint density at radius 2 is 1.88 bits per heavy atom. The topological polar surface area (TPSA) is 105 Å². The summed E-state index contributed by atoms with van der Waals surface area (Å²) in [5, 5.41) is 11.3. The highest BCUT2D eigenvalue weighted by atomic mass is 16.5. The predicted molar refractivity (Wildman–Crippen MR) is 86.4 cm³/mol. The fraction of sp³-hybridized carbons (Fsp3) is 0.438. The number of hydrogen-bond donors (Lipinski definition) is 2. The number of benzene rings is 1. The number of carboxylic acid groups (broad SMARTS) is 1. The van der Waals surface area contributed by atoms with Crippen molar-refractivity contribution in [3.05, 3.63) is 23.8 Å². The number of carbonyl (C=O) groups is 3. The summed E-state index contributed by atoms with van der Waals surface area (Å²) in [6.45, 7) is 1.82. The van der Waals surface area contributed by atoms with Crippen molar-refractivity contribution in [3.63, 3.8) is 0 Å². The lowest BCUT2D eigenvalue weighted by atomic mass is 10.2. The van der Waals surface area contributed by atoms with Gasteiger partial charge >= 0.3 is 5.97 Å². The van der Waals surface area contributed by atoms with Gasteiger partial charge in [0, 0.05) is 32.6 Å². The molecule has 1 aromatic carbocycles. The van der Waals surface area contributed by atoms with Crippen LogP contribution in [0.1, 0.15) is 23.7 Å². The summed E-state index contributed by atoms with van der Waals surface area (Å²) >= 11 is 0. The van der Waals surface area contributed by atoms with Crippen molar-refractivity contribution in [2.45, 2.75) is 13.3 Å². The number of rotatable bonds is 9. The van der Waals surface area contributed by atoms with Gasteiger partial charge in [-0.2, -0.15) is 0 Å². The molecule has 0 aliphatic rings. The van der Waals surface area contributed by atoms with Crippen molar-refractivity contribution in [2.75, 3.05) is 33.9 Å². The quantitative estimate of drug-likeness (QED) is 0.689. The van der Waals surface area contributed by atoms with Crippen LogP contribution in [0.3, 0.4) is 0 Å². The average Bonchev–Trinajstić information content (AvgIpc) is 2.53. The summed E-state index contributed by atoms with van der Waals surface area (Å²) < 4.78 is 10.5. The first-order valence-corrected chi connectivity index (χ1v) is 7.45. The van der Waals surface area contributed by atoms with Gasteiger partial charge in [-0.25, -0.2) is 4.79 Å². The van der Waals surface area contributed by atoms with Gasteiger partial charge in [-0.1, -0.05) is 0 Å². The van der Waals surface area contributed by atoms with E-state index in [4.69, 9.17) is 14.6 Å². The Kier molecular flexibility index (Phi) is 7.54. The Labute approximate surface area is 140 Å². The van der Waals surface area contributed by atoms with Crippen molar-refractivity contribution >= 4 is 17.8 Å². The summed E-state index contributed by atoms with van der Waals surface area (Å²) in [6.07, 6.45) is 0.205. The van der Waals surface area contributed by atoms with Crippen LogP contribution in [0, 0.1) is 0 Å². The standard InChI is InChI=1S/C16H22N2O6/c1-4-23-13-9-11(5-6-12(13)24-10-15(20)21)16(22)17-8-7-14(19)18(2)3/h5-6,9H,4,7-8,10H2,1-3H3,(H,17,22)(H,20,21). The van der Waals surface area contributed by atoms with Crippen LogP contribution in [-0.2, 0) is 9.59 Å². The summed E-state index contributed by atoms with van der Waals surface area (Å²) in [5.74, 6) is -1.01. The molecule has 0 unspecified atom stereocenters. The van der Waals surface area contributed by atoms with Gasteiger partial charge < -0.3 is 24.8 Å². The molecule has 132 valence electrons. The van der Waals surface area contributed by atoms with Crippen molar-refractivity contribution in [3.8, 4) is 11.5 Å². The van der Waals surface area contributed by atoms with Gasteiger partial charge in [0.05, 0.1) is 6.61 Å². The van der Waals surface area contributed by atoms with Crippen molar-refractivity contribution < 1.29 is 29.0 Å². The SMILES string of the molecule is CCOc1cc(C(=O)NCCC(=O)N(C)C)ccc1OCC(=O)O. The minimum atomic E-state index is -1.11. The van der Waals surface area contributed by atoms with Gasteiger partial charge in [-0.05, 0) is 25.1 Å². The molecule has 1 rings (SSSR count). The second kappa shape index (κ2) is 9.39. The van der Waals surface area contributed by atoms with Crippen LogP contribution in [0.2, 0.25) is 0 Å². The highest BCUT2D eigenvalue weighted by Gasteiger charge is 2.13. The average molecular weight is 338 g/mol. The van der Waals surface area contributed by atoms with Gasteiger partial charge in [0.1, 0.15) is 0 Å². The number of carbonyl (C=O) groups excluding carboxylic acids is 2. The number of aliphatic carboxylic acids is 1. The molecule has 24 heavy (non-hydrogen) atoms. The Balaban J connectivity index is 2.73. The van der Waals surface area contributed by atoms with Gasteiger partial charge in [-0.3, -0.25) is 9.59 Å². The van der Waals surface area contributed by atoms with Gasteiger partial charge in [-0.15, -0.1) is 0 Å². The van der Waals surface area contributed by atoms with E-state index in [2.05, 4.69) is 5.32 Å². The fourth-order valence-corrected chi connectivity index (χ4v) is 1.78. The van der Waals surface area contributed by atoms with Crippen molar-refractivity contribution in [2.24, 2.45) is 0 Å². The zero-order valence-electron chi connectivity index (χ0n) is 14.0. The molecule has 0 radical (unpaired) electrons.